The number of rotatable bonds is 5. The number of nitrogens with one attached hydrogen (secondary N) is 2. The summed E-state index contributed by atoms with van der Waals surface area (Å²) in [4.78, 5) is 12.5. The first-order chi connectivity index (χ1) is 13.2. The maximum absolute atomic E-state index is 12.5. The summed E-state index contributed by atoms with van der Waals surface area (Å²) in [5.41, 5.74) is 2.10. The van der Waals surface area contributed by atoms with Gasteiger partial charge in [0.1, 0.15) is 0 Å². The average Bonchev–Trinajstić information content (AvgIpc) is 2.65. The Balaban J connectivity index is 1.77. The largest absolute Gasteiger partial charge is 0.322 e. The summed E-state index contributed by atoms with van der Waals surface area (Å²) in [5, 5.41) is 2.88. The first-order valence-corrected chi connectivity index (χ1v) is 10.9. The van der Waals surface area contributed by atoms with Crippen molar-refractivity contribution in [1.29, 1.82) is 0 Å². The highest BCUT2D eigenvalue weighted by Gasteiger charge is 2.17. The van der Waals surface area contributed by atoms with Crippen molar-refractivity contribution in [1.82, 2.24) is 0 Å². The van der Waals surface area contributed by atoms with Gasteiger partial charge in [-0.1, -0.05) is 45.2 Å². The molecule has 0 fully saturated rings. The Morgan fingerprint density at radius 1 is 0.964 bits per heavy atom. The highest BCUT2D eigenvalue weighted by molar-refractivity contribution is 9.10. The molecule has 144 valence electrons. The lowest BCUT2D eigenvalue weighted by atomic mass is 10.2. The number of carbonyl (C=O) groups excluding carboxylic acids is 1. The number of aryl methyl sites for hydroxylation is 1. The van der Waals surface area contributed by atoms with Crippen molar-refractivity contribution in [2.24, 2.45) is 0 Å². The molecule has 0 saturated heterocycles. The van der Waals surface area contributed by atoms with E-state index in [9.17, 15) is 13.2 Å². The van der Waals surface area contributed by atoms with Crippen LogP contribution >= 0.6 is 27.5 Å². The Hall–Kier alpha value is -2.35. The highest BCUT2D eigenvalue weighted by atomic mass is 79.9. The van der Waals surface area contributed by atoms with Gasteiger partial charge in [-0.15, -0.1) is 0 Å². The maximum atomic E-state index is 12.5. The predicted molar refractivity (Wildman–Crippen MR) is 116 cm³/mol. The fourth-order valence-electron chi connectivity index (χ4n) is 2.40. The lowest BCUT2D eigenvalue weighted by Crippen LogP contribution is -2.14. The number of hydrogen-bond donors (Lipinski definition) is 2. The number of hydrogen-bond acceptors (Lipinski definition) is 3. The number of halogens is 2. The molecule has 0 aliphatic carbocycles. The molecule has 0 spiro atoms. The molecule has 0 aliphatic rings. The molecule has 28 heavy (non-hydrogen) atoms. The molecule has 8 heteroatoms. The van der Waals surface area contributed by atoms with Gasteiger partial charge in [0.05, 0.1) is 15.6 Å². The van der Waals surface area contributed by atoms with Crippen molar-refractivity contribution in [3.8, 4) is 0 Å². The molecule has 0 aromatic heterocycles. The van der Waals surface area contributed by atoms with E-state index in [2.05, 4.69) is 26.0 Å². The molecule has 0 radical (unpaired) electrons. The first kappa shape index (κ1) is 20.4. The van der Waals surface area contributed by atoms with Gasteiger partial charge in [-0.25, -0.2) is 8.42 Å². The molecule has 0 saturated carbocycles. The second kappa shape index (κ2) is 8.34. The summed E-state index contributed by atoms with van der Waals surface area (Å²) < 4.78 is 28.3. The van der Waals surface area contributed by atoms with Gasteiger partial charge in [-0.05, 0) is 61.5 Å². The minimum Gasteiger partial charge on any atom is -0.322 e. The van der Waals surface area contributed by atoms with Crippen molar-refractivity contribution in [3.05, 3.63) is 87.4 Å². The van der Waals surface area contributed by atoms with Crippen LogP contribution in [0, 0.1) is 6.92 Å². The topological polar surface area (TPSA) is 75.3 Å². The van der Waals surface area contributed by atoms with E-state index in [0.717, 1.165) is 10.0 Å². The van der Waals surface area contributed by atoms with E-state index in [1.54, 1.807) is 24.3 Å². The van der Waals surface area contributed by atoms with Crippen LogP contribution in [-0.2, 0) is 10.0 Å². The van der Waals surface area contributed by atoms with E-state index in [-0.39, 0.29) is 21.5 Å². The van der Waals surface area contributed by atoms with Crippen LogP contribution in [-0.4, -0.2) is 14.3 Å². The van der Waals surface area contributed by atoms with Crippen LogP contribution in [0.15, 0.2) is 76.1 Å². The molecule has 2 N–H and O–H groups in total. The second-order valence-electron chi connectivity index (χ2n) is 6.07. The summed E-state index contributed by atoms with van der Waals surface area (Å²) in [6.07, 6.45) is 0. The normalized spacial score (nSPS) is 11.1. The van der Waals surface area contributed by atoms with Crippen molar-refractivity contribution in [2.45, 2.75) is 11.8 Å². The van der Waals surface area contributed by atoms with Crippen LogP contribution in [0.25, 0.3) is 0 Å². The standard InChI is InChI=1S/C20H16BrClN2O3S/c1-13-2-9-17(10-3-13)28(26,27)24-19-11-4-14(12-18(19)22)20(25)23-16-7-5-15(21)6-8-16/h2-12,24H,1H3,(H,23,25). The van der Waals surface area contributed by atoms with Crippen LogP contribution < -0.4 is 10.0 Å². The third kappa shape index (κ3) is 4.92. The van der Waals surface area contributed by atoms with E-state index in [1.165, 1.54) is 30.3 Å². The summed E-state index contributed by atoms with van der Waals surface area (Å²) in [6.45, 7) is 1.87. The number of anilines is 2. The summed E-state index contributed by atoms with van der Waals surface area (Å²) in [6, 6.07) is 18.0. The molecule has 0 bridgehead atoms. The van der Waals surface area contributed by atoms with Crippen LogP contribution in [0.3, 0.4) is 0 Å². The van der Waals surface area contributed by atoms with E-state index in [0.29, 0.717) is 11.3 Å². The van der Waals surface area contributed by atoms with Gasteiger partial charge in [0, 0.05) is 15.7 Å². The van der Waals surface area contributed by atoms with Crippen molar-refractivity contribution in [2.75, 3.05) is 10.0 Å². The van der Waals surface area contributed by atoms with E-state index in [1.807, 2.05) is 19.1 Å². The number of amides is 1. The van der Waals surface area contributed by atoms with Crippen LogP contribution in [0.2, 0.25) is 5.02 Å². The van der Waals surface area contributed by atoms with E-state index >= 15 is 0 Å². The average molecular weight is 480 g/mol. The van der Waals surface area contributed by atoms with E-state index < -0.39 is 10.0 Å². The molecular formula is C20H16BrClN2O3S. The van der Waals surface area contributed by atoms with E-state index in [4.69, 9.17) is 11.6 Å². The highest BCUT2D eigenvalue weighted by Crippen LogP contribution is 2.26. The molecule has 3 aromatic carbocycles. The van der Waals surface area contributed by atoms with Gasteiger partial charge < -0.3 is 5.32 Å². The molecule has 5 nitrogen and oxygen atoms in total. The van der Waals surface area contributed by atoms with Crippen molar-refractivity contribution >= 4 is 54.8 Å². The minimum atomic E-state index is -3.78. The monoisotopic (exact) mass is 478 g/mol. The number of benzene rings is 3. The van der Waals surface area contributed by atoms with Crippen molar-refractivity contribution in [3.63, 3.8) is 0 Å². The number of sulfonamides is 1. The van der Waals surface area contributed by atoms with Gasteiger partial charge in [0.25, 0.3) is 15.9 Å². The Kier molecular flexibility index (Phi) is 6.07. The minimum absolute atomic E-state index is 0.124. The third-order valence-corrected chi connectivity index (χ3v) is 6.13. The van der Waals surface area contributed by atoms with Crippen LogP contribution in [0.5, 0.6) is 0 Å². The van der Waals surface area contributed by atoms with Crippen molar-refractivity contribution < 1.29 is 13.2 Å². The zero-order valence-corrected chi connectivity index (χ0v) is 17.9. The molecular weight excluding hydrogens is 464 g/mol. The van der Waals surface area contributed by atoms with Crippen LogP contribution in [0.1, 0.15) is 15.9 Å². The second-order valence-corrected chi connectivity index (χ2v) is 9.08. The Morgan fingerprint density at radius 2 is 1.61 bits per heavy atom. The SMILES string of the molecule is Cc1ccc(S(=O)(=O)Nc2ccc(C(=O)Nc3ccc(Br)cc3)cc2Cl)cc1. The molecule has 0 aliphatic heterocycles. The molecule has 0 heterocycles. The van der Waals surface area contributed by atoms with Gasteiger partial charge in [0.15, 0.2) is 0 Å². The van der Waals surface area contributed by atoms with Gasteiger partial charge >= 0.3 is 0 Å². The molecule has 3 rings (SSSR count). The lowest BCUT2D eigenvalue weighted by Gasteiger charge is -2.11. The third-order valence-electron chi connectivity index (χ3n) is 3.91. The van der Waals surface area contributed by atoms with Crippen LogP contribution in [0.4, 0.5) is 11.4 Å². The Morgan fingerprint density at radius 3 is 2.21 bits per heavy atom. The Bertz CT molecular complexity index is 1120. The smallest absolute Gasteiger partial charge is 0.261 e. The zero-order chi connectivity index (χ0) is 20.3. The summed E-state index contributed by atoms with van der Waals surface area (Å²) in [5.74, 6) is -0.350. The predicted octanol–water partition coefficient (Wildman–Crippen LogP) is 5.46. The maximum Gasteiger partial charge on any atom is 0.261 e. The summed E-state index contributed by atoms with van der Waals surface area (Å²) >= 11 is 9.53. The molecule has 0 unspecified atom stereocenters. The zero-order valence-electron chi connectivity index (χ0n) is 14.7. The first-order valence-electron chi connectivity index (χ1n) is 8.20. The summed E-state index contributed by atoms with van der Waals surface area (Å²) in [7, 11) is -3.78. The Labute approximate surface area is 176 Å². The fourth-order valence-corrected chi connectivity index (χ4v) is 4.02. The fraction of sp³-hybridized carbons (Fsp3) is 0.0500. The quantitative estimate of drug-likeness (QED) is 0.510. The van der Waals surface area contributed by atoms with Gasteiger partial charge in [-0.3, -0.25) is 9.52 Å². The number of carbonyl (C=O) groups is 1. The molecule has 1 amide bonds. The lowest BCUT2D eigenvalue weighted by molar-refractivity contribution is 0.102. The molecule has 3 aromatic rings. The van der Waals surface area contributed by atoms with Gasteiger partial charge in [0.2, 0.25) is 0 Å². The molecule has 0 atom stereocenters. The van der Waals surface area contributed by atoms with Gasteiger partial charge in [-0.2, -0.15) is 0 Å².